The highest BCUT2D eigenvalue weighted by Crippen LogP contribution is 2.35. The number of aryl methyl sites for hydroxylation is 1. The SMILES string of the molecule is Cc1cc(C(F)(F)F)nn1CC(=O)Nc1c(Br)cc([N+](=O)[O-])cc1Br. The highest BCUT2D eigenvalue weighted by molar-refractivity contribution is 9.11. The first-order valence-corrected chi connectivity index (χ1v) is 8.12. The normalized spacial score (nSPS) is 11.4. The van der Waals surface area contributed by atoms with Gasteiger partial charge in [-0.15, -0.1) is 0 Å². The molecule has 0 aliphatic heterocycles. The molecule has 0 saturated carbocycles. The largest absolute Gasteiger partial charge is 0.435 e. The Balaban J connectivity index is 2.19. The maximum atomic E-state index is 12.6. The molecule has 0 unspecified atom stereocenters. The summed E-state index contributed by atoms with van der Waals surface area (Å²) in [4.78, 5) is 22.3. The Hall–Kier alpha value is -1.95. The second-order valence-electron chi connectivity index (χ2n) is 4.92. The van der Waals surface area contributed by atoms with Gasteiger partial charge in [-0.1, -0.05) is 0 Å². The number of alkyl halides is 3. The van der Waals surface area contributed by atoms with E-state index < -0.39 is 29.2 Å². The second kappa shape index (κ2) is 7.12. The number of rotatable bonds is 4. The second-order valence-corrected chi connectivity index (χ2v) is 6.62. The van der Waals surface area contributed by atoms with E-state index in [0.717, 1.165) is 10.7 Å². The topological polar surface area (TPSA) is 90.1 Å². The quantitative estimate of drug-likeness (QED) is 0.517. The van der Waals surface area contributed by atoms with Crippen LogP contribution >= 0.6 is 31.9 Å². The van der Waals surface area contributed by atoms with Crippen molar-refractivity contribution in [3.05, 3.63) is 48.6 Å². The Morgan fingerprint density at radius 1 is 1.32 bits per heavy atom. The van der Waals surface area contributed by atoms with Gasteiger partial charge in [0.1, 0.15) is 6.54 Å². The van der Waals surface area contributed by atoms with Gasteiger partial charge in [-0.25, -0.2) is 0 Å². The maximum Gasteiger partial charge on any atom is 0.435 e. The van der Waals surface area contributed by atoms with Crippen LogP contribution in [-0.2, 0) is 17.5 Å². The summed E-state index contributed by atoms with van der Waals surface area (Å²) in [6.45, 7) is 0.949. The molecule has 0 aliphatic rings. The number of benzene rings is 1. The third kappa shape index (κ3) is 4.57. The summed E-state index contributed by atoms with van der Waals surface area (Å²) in [5.74, 6) is -0.643. The number of amides is 1. The first-order valence-electron chi connectivity index (χ1n) is 6.54. The number of hydrogen-bond acceptors (Lipinski definition) is 4. The molecule has 25 heavy (non-hydrogen) atoms. The van der Waals surface area contributed by atoms with Crippen molar-refractivity contribution in [2.24, 2.45) is 0 Å². The molecule has 0 atom stereocenters. The predicted molar refractivity (Wildman–Crippen MR) is 89.1 cm³/mol. The zero-order valence-electron chi connectivity index (χ0n) is 12.4. The van der Waals surface area contributed by atoms with Gasteiger partial charge in [-0.05, 0) is 44.8 Å². The molecule has 7 nitrogen and oxygen atoms in total. The van der Waals surface area contributed by atoms with Gasteiger partial charge in [-0.2, -0.15) is 18.3 Å². The van der Waals surface area contributed by atoms with Crippen molar-refractivity contribution in [2.45, 2.75) is 19.6 Å². The van der Waals surface area contributed by atoms with Crippen LogP contribution in [0.3, 0.4) is 0 Å². The molecule has 1 amide bonds. The summed E-state index contributed by atoms with van der Waals surface area (Å²) in [7, 11) is 0. The van der Waals surface area contributed by atoms with Crippen molar-refractivity contribution in [2.75, 3.05) is 5.32 Å². The average molecular weight is 486 g/mol. The van der Waals surface area contributed by atoms with Crippen LogP contribution in [-0.4, -0.2) is 20.6 Å². The van der Waals surface area contributed by atoms with E-state index in [4.69, 9.17) is 0 Å². The third-order valence-electron chi connectivity index (χ3n) is 3.07. The number of nitro groups is 1. The minimum atomic E-state index is -4.60. The summed E-state index contributed by atoms with van der Waals surface area (Å²) in [5.41, 5.74) is -0.897. The summed E-state index contributed by atoms with van der Waals surface area (Å²) in [5, 5.41) is 16.6. The summed E-state index contributed by atoms with van der Waals surface area (Å²) < 4.78 is 39.3. The molecular weight excluding hydrogens is 477 g/mol. The molecule has 0 fully saturated rings. The Morgan fingerprint density at radius 2 is 1.88 bits per heavy atom. The first kappa shape index (κ1) is 19.4. The van der Waals surface area contributed by atoms with Crippen LogP contribution < -0.4 is 5.32 Å². The smallest absolute Gasteiger partial charge is 0.323 e. The van der Waals surface area contributed by atoms with Crippen LogP contribution in [0.5, 0.6) is 0 Å². The molecule has 0 radical (unpaired) electrons. The zero-order chi connectivity index (χ0) is 18.9. The third-order valence-corrected chi connectivity index (χ3v) is 4.32. The van der Waals surface area contributed by atoms with Gasteiger partial charge in [-0.3, -0.25) is 19.6 Å². The fraction of sp³-hybridized carbons (Fsp3) is 0.231. The first-order chi connectivity index (χ1) is 11.5. The number of halogens is 5. The number of carbonyl (C=O) groups excluding carboxylic acids is 1. The molecule has 1 aromatic carbocycles. The van der Waals surface area contributed by atoms with E-state index in [1.54, 1.807) is 0 Å². The number of nitrogens with one attached hydrogen (secondary N) is 1. The molecule has 1 aromatic heterocycles. The number of nitro benzene ring substituents is 1. The van der Waals surface area contributed by atoms with Crippen molar-refractivity contribution in [1.82, 2.24) is 9.78 Å². The molecule has 2 rings (SSSR count). The minimum absolute atomic E-state index is 0.171. The van der Waals surface area contributed by atoms with Gasteiger partial charge < -0.3 is 5.32 Å². The zero-order valence-corrected chi connectivity index (χ0v) is 15.6. The van der Waals surface area contributed by atoms with Crippen LogP contribution in [0.1, 0.15) is 11.4 Å². The van der Waals surface area contributed by atoms with Gasteiger partial charge in [0.25, 0.3) is 5.69 Å². The fourth-order valence-corrected chi connectivity index (χ4v) is 3.27. The van der Waals surface area contributed by atoms with E-state index in [1.165, 1.54) is 19.1 Å². The number of hydrogen-bond donors (Lipinski definition) is 1. The average Bonchev–Trinajstić information content (AvgIpc) is 2.84. The number of nitrogens with zero attached hydrogens (tertiary/aromatic N) is 3. The van der Waals surface area contributed by atoms with Crippen LogP contribution in [0.2, 0.25) is 0 Å². The van der Waals surface area contributed by atoms with Crippen LogP contribution in [0.15, 0.2) is 27.1 Å². The maximum absolute atomic E-state index is 12.6. The lowest BCUT2D eigenvalue weighted by molar-refractivity contribution is -0.385. The van der Waals surface area contributed by atoms with Crippen molar-refractivity contribution < 1.29 is 22.9 Å². The van der Waals surface area contributed by atoms with Gasteiger partial charge in [0.15, 0.2) is 5.69 Å². The van der Waals surface area contributed by atoms with Gasteiger partial charge >= 0.3 is 6.18 Å². The highest BCUT2D eigenvalue weighted by atomic mass is 79.9. The molecule has 0 aliphatic carbocycles. The van der Waals surface area contributed by atoms with Crippen LogP contribution in [0.4, 0.5) is 24.5 Å². The van der Waals surface area contributed by atoms with E-state index >= 15 is 0 Å². The van der Waals surface area contributed by atoms with Crippen molar-refractivity contribution >= 4 is 49.1 Å². The Bertz CT molecular complexity index is 829. The van der Waals surface area contributed by atoms with Crippen molar-refractivity contribution in [3.63, 3.8) is 0 Å². The van der Waals surface area contributed by atoms with Gasteiger partial charge in [0.05, 0.1) is 10.6 Å². The molecule has 0 spiro atoms. The van der Waals surface area contributed by atoms with E-state index in [0.29, 0.717) is 0 Å². The molecule has 1 N–H and O–H groups in total. The molecule has 134 valence electrons. The van der Waals surface area contributed by atoms with Gasteiger partial charge in [0, 0.05) is 26.8 Å². The number of anilines is 1. The number of non-ortho nitro benzene ring substituents is 1. The van der Waals surface area contributed by atoms with Crippen molar-refractivity contribution in [1.29, 1.82) is 0 Å². The molecular formula is C13H9Br2F3N4O3. The monoisotopic (exact) mass is 484 g/mol. The Kier molecular flexibility index (Phi) is 5.52. The minimum Gasteiger partial charge on any atom is -0.323 e. The number of aromatic nitrogens is 2. The summed E-state index contributed by atoms with van der Waals surface area (Å²) in [6.07, 6.45) is -4.60. The molecule has 0 saturated heterocycles. The van der Waals surface area contributed by atoms with E-state index in [-0.39, 0.29) is 26.0 Å². The lowest BCUT2D eigenvalue weighted by Crippen LogP contribution is -2.21. The van der Waals surface area contributed by atoms with Crippen LogP contribution in [0.25, 0.3) is 0 Å². The molecule has 12 heteroatoms. The lowest BCUT2D eigenvalue weighted by atomic mass is 10.3. The standard InChI is InChI=1S/C13H9Br2F3N4O3/c1-6-2-10(13(16,17)18)20-21(6)5-11(23)19-12-8(14)3-7(22(24)25)4-9(12)15/h2-4H,5H2,1H3,(H,19,23). The fourth-order valence-electron chi connectivity index (χ4n) is 1.91. The van der Waals surface area contributed by atoms with Gasteiger partial charge in [0.2, 0.25) is 5.91 Å². The van der Waals surface area contributed by atoms with Crippen LogP contribution in [0, 0.1) is 17.0 Å². The molecule has 0 bridgehead atoms. The Morgan fingerprint density at radius 3 is 2.32 bits per heavy atom. The van der Waals surface area contributed by atoms with E-state index in [1.807, 2.05) is 0 Å². The number of carbonyl (C=O) groups is 1. The van der Waals surface area contributed by atoms with Crippen molar-refractivity contribution in [3.8, 4) is 0 Å². The lowest BCUT2D eigenvalue weighted by Gasteiger charge is -2.10. The Labute approximate surface area is 155 Å². The van der Waals surface area contributed by atoms with E-state index in [2.05, 4.69) is 42.3 Å². The highest BCUT2D eigenvalue weighted by Gasteiger charge is 2.34. The molecule has 2 aromatic rings. The summed E-state index contributed by atoms with van der Waals surface area (Å²) >= 11 is 6.21. The predicted octanol–water partition coefficient (Wildman–Crippen LogP) is 4.28. The van der Waals surface area contributed by atoms with E-state index in [9.17, 15) is 28.1 Å². The summed E-state index contributed by atoms with van der Waals surface area (Å²) in [6, 6.07) is 3.23. The molecule has 1 heterocycles.